The van der Waals surface area contributed by atoms with Gasteiger partial charge in [0.25, 0.3) is 0 Å². The molecule has 1 amide bonds. The molecule has 4 heteroatoms. The van der Waals surface area contributed by atoms with E-state index in [-0.39, 0.29) is 24.4 Å². The van der Waals surface area contributed by atoms with E-state index in [2.05, 4.69) is 41.0 Å². The summed E-state index contributed by atoms with van der Waals surface area (Å²) in [7, 11) is 0. The summed E-state index contributed by atoms with van der Waals surface area (Å²) in [5, 5.41) is 8.71. The number of halogens is 1. The van der Waals surface area contributed by atoms with Crippen LogP contribution >= 0.6 is 12.4 Å². The van der Waals surface area contributed by atoms with E-state index < -0.39 is 0 Å². The van der Waals surface area contributed by atoms with Crippen molar-refractivity contribution in [3.05, 3.63) is 48.0 Å². The van der Waals surface area contributed by atoms with E-state index in [1.807, 2.05) is 19.1 Å². The summed E-state index contributed by atoms with van der Waals surface area (Å²) in [6.45, 7) is 3.41. The van der Waals surface area contributed by atoms with Gasteiger partial charge in [-0.1, -0.05) is 36.4 Å². The molecule has 0 spiro atoms. The SMILES string of the molecule is CC(NC(=O)CNCC1CC1)c1ccc2ccccc2c1.Cl. The standard InChI is InChI=1S/C18H22N2O.ClH/c1-13(20-18(21)12-19-11-14-6-7-14)16-9-8-15-4-2-3-5-17(15)10-16;/h2-5,8-10,13-14,19H,6-7,11-12H2,1H3,(H,20,21);1H. The lowest BCUT2D eigenvalue weighted by atomic mass is 10.0. The van der Waals surface area contributed by atoms with Gasteiger partial charge in [0.1, 0.15) is 0 Å². The lowest BCUT2D eigenvalue weighted by Crippen LogP contribution is -2.36. The highest BCUT2D eigenvalue weighted by atomic mass is 35.5. The Balaban J connectivity index is 0.00000176. The average Bonchev–Trinajstić information content (AvgIpc) is 3.31. The molecule has 0 saturated heterocycles. The van der Waals surface area contributed by atoms with Crippen molar-refractivity contribution in [2.45, 2.75) is 25.8 Å². The van der Waals surface area contributed by atoms with Gasteiger partial charge in [0.15, 0.2) is 0 Å². The molecule has 0 heterocycles. The lowest BCUT2D eigenvalue weighted by Gasteiger charge is -2.15. The Morgan fingerprint density at radius 1 is 1.18 bits per heavy atom. The summed E-state index contributed by atoms with van der Waals surface area (Å²) in [5.41, 5.74) is 1.14. The van der Waals surface area contributed by atoms with Crippen LogP contribution in [0.3, 0.4) is 0 Å². The predicted octanol–water partition coefficient (Wildman–Crippen LogP) is 3.44. The van der Waals surface area contributed by atoms with Gasteiger partial charge in [-0.05, 0) is 54.6 Å². The first kappa shape index (κ1) is 16.8. The van der Waals surface area contributed by atoms with Crippen molar-refractivity contribution < 1.29 is 4.79 Å². The largest absolute Gasteiger partial charge is 0.348 e. The minimum Gasteiger partial charge on any atom is -0.348 e. The van der Waals surface area contributed by atoms with Gasteiger partial charge in [-0.25, -0.2) is 0 Å². The number of hydrogen-bond donors (Lipinski definition) is 2. The van der Waals surface area contributed by atoms with Gasteiger partial charge in [0.2, 0.25) is 5.91 Å². The summed E-state index contributed by atoms with van der Waals surface area (Å²) in [6, 6.07) is 14.7. The van der Waals surface area contributed by atoms with Gasteiger partial charge in [-0.2, -0.15) is 0 Å². The molecular weight excluding hydrogens is 296 g/mol. The molecule has 0 bridgehead atoms. The third-order valence-electron chi connectivity index (χ3n) is 4.07. The summed E-state index contributed by atoms with van der Waals surface area (Å²) in [4.78, 5) is 11.9. The second-order valence-electron chi connectivity index (χ2n) is 5.97. The molecule has 1 atom stereocenters. The van der Waals surface area contributed by atoms with Gasteiger partial charge < -0.3 is 10.6 Å². The molecular formula is C18H23ClN2O. The topological polar surface area (TPSA) is 41.1 Å². The molecule has 1 fully saturated rings. The molecule has 3 rings (SSSR count). The first-order valence-corrected chi connectivity index (χ1v) is 7.71. The summed E-state index contributed by atoms with van der Waals surface area (Å²) in [5.74, 6) is 0.868. The van der Waals surface area contributed by atoms with Crippen LogP contribution in [0.15, 0.2) is 42.5 Å². The Bertz CT molecular complexity index is 640. The normalized spacial score (nSPS) is 15.1. The summed E-state index contributed by atoms with van der Waals surface area (Å²) >= 11 is 0. The number of amides is 1. The van der Waals surface area contributed by atoms with Crippen molar-refractivity contribution in [2.75, 3.05) is 13.1 Å². The number of benzene rings is 2. The number of hydrogen-bond acceptors (Lipinski definition) is 2. The number of carbonyl (C=O) groups excluding carboxylic acids is 1. The van der Waals surface area contributed by atoms with Crippen LogP contribution in [0.25, 0.3) is 10.8 Å². The molecule has 3 nitrogen and oxygen atoms in total. The molecule has 1 unspecified atom stereocenters. The van der Waals surface area contributed by atoms with Crippen molar-refractivity contribution in [3.8, 4) is 0 Å². The molecule has 118 valence electrons. The molecule has 1 aliphatic rings. The van der Waals surface area contributed by atoms with Crippen molar-refractivity contribution in [1.29, 1.82) is 0 Å². The molecule has 0 aromatic heterocycles. The van der Waals surface area contributed by atoms with E-state index in [0.29, 0.717) is 6.54 Å². The van der Waals surface area contributed by atoms with Crippen LogP contribution in [0.2, 0.25) is 0 Å². The maximum atomic E-state index is 11.9. The van der Waals surface area contributed by atoms with Crippen LogP contribution in [0.4, 0.5) is 0 Å². The molecule has 0 radical (unpaired) electrons. The Labute approximate surface area is 137 Å². The Morgan fingerprint density at radius 3 is 2.64 bits per heavy atom. The Kier molecular flexibility index (Phi) is 5.81. The van der Waals surface area contributed by atoms with Crippen LogP contribution in [-0.2, 0) is 4.79 Å². The lowest BCUT2D eigenvalue weighted by molar-refractivity contribution is -0.120. The van der Waals surface area contributed by atoms with Crippen LogP contribution in [-0.4, -0.2) is 19.0 Å². The van der Waals surface area contributed by atoms with Gasteiger partial charge >= 0.3 is 0 Å². The fraction of sp³-hybridized carbons (Fsp3) is 0.389. The minimum atomic E-state index is 0. The first-order valence-electron chi connectivity index (χ1n) is 7.71. The quantitative estimate of drug-likeness (QED) is 0.856. The van der Waals surface area contributed by atoms with Crippen LogP contribution in [0, 0.1) is 5.92 Å². The molecule has 1 saturated carbocycles. The number of carbonyl (C=O) groups is 1. The number of nitrogens with one attached hydrogen (secondary N) is 2. The summed E-state index contributed by atoms with van der Waals surface area (Å²) in [6.07, 6.45) is 2.62. The third-order valence-corrected chi connectivity index (χ3v) is 4.07. The second-order valence-corrected chi connectivity index (χ2v) is 5.97. The number of fused-ring (bicyclic) bond motifs is 1. The zero-order valence-electron chi connectivity index (χ0n) is 12.8. The second kappa shape index (κ2) is 7.61. The molecule has 2 aromatic rings. The smallest absolute Gasteiger partial charge is 0.234 e. The highest BCUT2D eigenvalue weighted by Crippen LogP contribution is 2.27. The van der Waals surface area contributed by atoms with Gasteiger partial charge in [0.05, 0.1) is 12.6 Å². The maximum Gasteiger partial charge on any atom is 0.234 e. The Morgan fingerprint density at radius 2 is 1.91 bits per heavy atom. The number of rotatable bonds is 6. The third kappa shape index (κ3) is 4.46. The van der Waals surface area contributed by atoms with E-state index in [1.165, 1.54) is 23.6 Å². The zero-order valence-corrected chi connectivity index (χ0v) is 13.7. The molecule has 2 N–H and O–H groups in total. The zero-order chi connectivity index (χ0) is 14.7. The van der Waals surface area contributed by atoms with Crippen LogP contribution < -0.4 is 10.6 Å². The highest BCUT2D eigenvalue weighted by molar-refractivity contribution is 5.85. The van der Waals surface area contributed by atoms with Crippen molar-refractivity contribution >= 4 is 29.1 Å². The van der Waals surface area contributed by atoms with Crippen molar-refractivity contribution in [3.63, 3.8) is 0 Å². The van der Waals surface area contributed by atoms with Crippen molar-refractivity contribution in [2.24, 2.45) is 5.92 Å². The van der Waals surface area contributed by atoms with E-state index in [9.17, 15) is 4.79 Å². The minimum absolute atomic E-state index is 0. The van der Waals surface area contributed by atoms with E-state index >= 15 is 0 Å². The highest BCUT2D eigenvalue weighted by Gasteiger charge is 2.20. The van der Waals surface area contributed by atoms with E-state index in [4.69, 9.17) is 0 Å². The molecule has 1 aliphatic carbocycles. The molecule has 0 aliphatic heterocycles. The fourth-order valence-corrected chi connectivity index (χ4v) is 2.56. The Hall–Kier alpha value is -1.58. The molecule has 2 aromatic carbocycles. The fourth-order valence-electron chi connectivity index (χ4n) is 2.56. The van der Waals surface area contributed by atoms with E-state index in [1.54, 1.807) is 0 Å². The average molecular weight is 319 g/mol. The van der Waals surface area contributed by atoms with Crippen LogP contribution in [0.5, 0.6) is 0 Å². The monoisotopic (exact) mass is 318 g/mol. The molecule has 22 heavy (non-hydrogen) atoms. The van der Waals surface area contributed by atoms with Gasteiger partial charge in [-0.15, -0.1) is 12.4 Å². The predicted molar refractivity (Wildman–Crippen MR) is 93.3 cm³/mol. The van der Waals surface area contributed by atoms with Crippen molar-refractivity contribution in [1.82, 2.24) is 10.6 Å². The first-order chi connectivity index (χ1) is 10.2. The van der Waals surface area contributed by atoms with Gasteiger partial charge in [-0.3, -0.25) is 4.79 Å². The van der Waals surface area contributed by atoms with Gasteiger partial charge in [0, 0.05) is 0 Å². The maximum absolute atomic E-state index is 11.9. The van der Waals surface area contributed by atoms with Crippen LogP contribution in [0.1, 0.15) is 31.4 Å². The summed E-state index contributed by atoms with van der Waals surface area (Å²) < 4.78 is 0. The van der Waals surface area contributed by atoms with E-state index in [0.717, 1.165) is 18.0 Å².